The zero-order chi connectivity index (χ0) is 18.8. The molecule has 5 heteroatoms. The fraction of sp³-hybridized carbons (Fsp3) is 0.0909. The SMILES string of the molecule is Cn1c(C(C#N)=C(O)CSc2ccc3ccccc3c2)nc2ccccc21. The first kappa shape index (κ1) is 17.2. The quantitative estimate of drug-likeness (QED) is 0.300. The fourth-order valence-electron chi connectivity index (χ4n) is 3.09. The summed E-state index contributed by atoms with van der Waals surface area (Å²) in [4.78, 5) is 5.56. The highest BCUT2D eigenvalue weighted by Gasteiger charge is 2.16. The van der Waals surface area contributed by atoms with Crippen molar-refractivity contribution in [2.24, 2.45) is 7.05 Å². The lowest BCUT2D eigenvalue weighted by molar-refractivity contribution is 0.420. The van der Waals surface area contributed by atoms with Crippen molar-refractivity contribution >= 4 is 39.1 Å². The van der Waals surface area contributed by atoms with Crippen LogP contribution in [0, 0.1) is 11.3 Å². The third-order valence-electron chi connectivity index (χ3n) is 4.51. The van der Waals surface area contributed by atoms with Crippen LogP contribution in [0.25, 0.3) is 27.4 Å². The van der Waals surface area contributed by atoms with Gasteiger partial charge in [-0.1, -0.05) is 42.5 Å². The average molecular weight is 371 g/mol. The number of benzene rings is 3. The Balaban J connectivity index is 1.63. The zero-order valence-corrected chi connectivity index (χ0v) is 15.6. The molecule has 0 saturated carbocycles. The summed E-state index contributed by atoms with van der Waals surface area (Å²) in [5, 5.41) is 22.5. The molecule has 1 heterocycles. The van der Waals surface area contributed by atoms with E-state index in [1.807, 2.05) is 54.1 Å². The number of hydrogen-bond donors (Lipinski definition) is 1. The summed E-state index contributed by atoms with van der Waals surface area (Å²) in [6.07, 6.45) is 0. The Morgan fingerprint density at radius 3 is 2.59 bits per heavy atom. The van der Waals surface area contributed by atoms with Crippen molar-refractivity contribution in [2.45, 2.75) is 4.90 Å². The molecule has 4 aromatic rings. The second-order valence-electron chi connectivity index (χ2n) is 6.21. The van der Waals surface area contributed by atoms with Gasteiger partial charge in [-0.2, -0.15) is 5.26 Å². The molecule has 0 fully saturated rings. The molecule has 0 unspecified atom stereocenters. The van der Waals surface area contributed by atoms with Gasteiger partial charge in [0.25, 0.3) is 0 Å². The third kappa shape index (κ3) is 3.27. The minimum absolute atomic E-state index is 0.0362. The molecule has 1 aromatic heterocycles. The van der Waals surface area contributed by atoms with Crippen molar-refractivity contribution in [1.82, 2.24) is 9.55 Å². The lowest BCUT2D eigenvalue weighted by atomic mass is 10.1. The Hall–Kier alpha value is -3.23. The molecule has 0 atom stereocenters. The van der Waals surface area contributed by atoms with Gasteiger partial charge in [0.15, 0.2) is 5.82 Å². The van der Waals surface area contributed by atoms with Crippen LogP contribution < -0.4 is 0 Å². The van der Waals surface area contributed by atoms with Crippen LogP contribution in [-0.4, -0.2) is 20.4 Å². The largest absolute Gasteiger partial charge is 0.510 e. The lowest BCUT2D eigenvalue weighted by Gasteiger charge is -2.06. The maximum absolute atomic E-state index is 10.6. The second-order valence-corrected chi connectivity index (χ2v) is 7.26. The number of aromatic nitrogens is 2. The van der Waals surface area contributed by atoms with E-state index in [9.17, 15) is 10.4 Å². The number of aliphatic hydroxyl groups is 1. The summed E-state index contributed by atoms with van der Waals surface area (Å²) in [5.74, 6) is 0.828. The number of nitriles is 1. The predicted molar refractivity (Wildman–Crippen MR) is 111 cm³/mol. The standard InChI is InChI=1S/C22H17N3OS/c1-25-20-9-5-4-8-19(20)24-22(25)18(13-23)21(26)14-27-17-11-10-15-6-2-3-7-16(15)12-17/h2-12,26H,14H2,1H3. The van der Waals surface area contributed by atoms with E-state index < -0.39 is 0 Å². The molecule has 0 bridgehead atoms. The molecule has 27 heavy (non-hydrogen) atoms. The number of aryl methyl sites for hydroxylation is 1. The molecule has 4 rings (SSSR count). The Bertz CT molecular complexity index is 1220. The summed E-state index contributed by atoms with van der Waals surface area (Å²) in [6.45, 7) is 0. The Labute approximate surface area is 161 Å². The van der Waals surface area contributed by atoms with Gasteiger partial charge < -0.3 is 9.67 Å². The molecule has 1 N–H and O–H groups in total. The number of nitrogens with zero attached hydrogens (tertiary/aromatic N) is 3. The monoisotopic (exact) mass is 371 g/mol. The summed E-state index contributed by atoms with van der Waals surface area (Å²) >= 11 is 1.50. The van der Waals surface area contributed by atoms with Crippen molar-refractivity contribution < 1.29 is 5.11 Å². The Kier molecular flexibility index (Phi) is 4.57. The van der Waals surface area contributed by atoms with Crippen LogP contribution in [-0.2, 0) is 7.05 Å². The molecule has 3 aromatic carbocycles. The number of imidazole rings is 1. The van der Waals surface area contributed by atoms with E-state index in [0.717, 1.165) is 21.3 Å². The number of rotatable bonds is 4. The van der Waals surface area contributed by atoms with E-state index in [-0.39, 0.29) is 11.3 Å². The Morgan fingerprint density at radius 2 is 1.81 bits per heavy atom. The minimum Gasteiger partial charge on any atom is -0.510 e. The Morgan fingerprint density at radius 1 is 1.07 bits per heavy atom. The van der Waals surface area contributed by atoms with Gasteiger partial charge in [-0.3, -0.25) is 0 Å². The number of thioether (sulfide) groups is 1. The van der Waals surface area contributed by atoms with Crippen molar-refractivity contribution in [1.29, 1.82) is 5.26 Å². The van der Waals surface area contributed by atoms with Crippen molar-refractivity contribution in [3.63, 3.8) is 0 Å². The molecule has 0 aliphatic heterocycles. The van der Waals surface area contributed by atoms with E-state index in [1.54, 1.807) is 0 Å². The van der Waals surface area contributed by atoms with Crippen LogP contribution in [0.15, 0.2) is 77.4 Å². The number of allylic oxidation sites excluding steroid dienone is 1. The number of hydrogen-bond acceptors (Lipinski definition) is 4. The summed E-state index contributed by atoms with van der Waals surface area (Å²) in [7, 11) is 1.85. The highest BCUT2D eigenvalue weighted by molar-refractivity contribution is 7.99. The van der Waals surface area contributed by atoms with Gasteiger partial charge in [-0.15, -0.1) is 11.8 Å². The van der Waals surface area contributed by atoms with Crippen LogP contribution in [0.3, 0.4) is 0 Å². The molecule has 0 aliphatic rings. The highest BCUT2D eigenvalue weighted by atomic mass is 32.2. The van der Waals surface area contributed by atoms with Crippen molar-refractivity contribution in [3.05, 3.63) is 78.3 Å². The molecule has 0 spiro atoms. The van der Waals surface area contributed by atoms with Crippen LogP contribution >= 0.6 is 11.8 Å². The van der Waals surface area contributed by atoms with E-state index in [2.05, 4.69) is 35.3 Å². The van der Waals surface area contributed by atoms with Crippen molar-refractivity contribution in [3.8, 4) is 6.07 Å². The van der Waals surface area contributed by atoms with E-state index in [1.165, 1.54) is 17.1 Å². The average Bonchev–Trinajstić information content (AvgIpc) is 3.03. The summed E-state index contributed by atoms with van der Waals surface area (Å²) in [5.41, 5.74) is 1.94. The van der Waals surface area contributed by atoms with Gasteiger partial charge >= 0.3 is 0 Å². The van der Waals surface area contributed by atoms with Crippen LogP contribution in [0.4, 0.5) is 0 Å². The maximum Gasteiger partial charge on any atom is 0.155 e. The van der Waals surface area contributed by atoms with Gasteiger partial charge in [0.1, 0.15) is 17.4 Å². The normalized spacial score (nSPS) is 12.1. The topological polar surface area (TPSA) is 61.8 Å². The van der Waals surface area contributed by atoms with Gasteiger partial charge in [-0.25, -0.2) is 4.98 Å². The highest BCUT2D eigenvalue weighted by Crippen LogP contribution is 2.28. The first-order valence-corrected chi connectivity index (χ1v) is 9.51. The molecule has 0 amide bonds. The summed E-state index contributed by atoms with van der Waals surface area (Å²) in [6, 6.07) is 24.1. The first-order valence-electron chi connectivity index (χ1n) is 8.53. The van der Waals surface area contributed by atoms with E-state index >= 15 is 0 Å². The molecular formula is C22H17N3OS. The number of aliphatic hydroxyl groups excluding tert-OH is 1. The van der Waals surface area contributed by atoms with Crippen molar-refractivity contribution in [2.75, 3.05) is 5.75 Å². The van der Waals surface area contributed by atoms with Gasteiger partial charge in [-0.05, 0) is 35.0 Å². The predicted octanol–water partition coefficient (Wildman–Crippen LogP) is 5.31. The first-order chi connectivity index (χ1) is 13.2. The second kappa shape index (κ2) is 7.18. The molecule has 4 nitrogen and oxygen atoms in total. The van der Waals surface area contributed by atoms with Gasteiger partial charge in [0.2, 0.25) is 0 Å². The molecule has 0 aliphatic carbocycles. The third-order valence-corrected chi connectivity index (χ3v) is 5.51. The molecule has 132 valence electrons. The fourth-order valence-corrected chi connectivity index (χ4v) is 3.92. The molecule has 0 saturated heterocycles. The van der Waals surface area contributed by atoms with E-state index in [4.69, 9.17) is 0 Å². The van der Waals surface area contributed by atoms with Crippen LogP contribution in [0.1, 0.15) is 5.82 Å². The molecule has 0 radical (unpaired) electrons. The zero-order valence-electron chi connectivity index (χ0n) is 14.8. The lowest BCUT2D eigenvalue weighted by Crippen LogP contribution is -2.00. The molecular weight excluding hydrogens is 354 g/mol. The minimum atomic E-state index is 0.0362. The smallest absolute Gasteiger partial charge is 0.155 e. The number of fused-ring (bicyclic) bond motifs is 2. The van der Waals surface area contributed by atoms with Gasteiger partial charge in [0.05, 0.1) is 16.8 Å². The summed E-state index contributed by atoms with van der Waals surface area (Å²) < 4.78 is 1.84. The maximum atomic E-state index is 10.6. The van der Waals surface area contributed by atoms with E-state index in [0.29, 0.717) is 11.6 Å². The van der Waals surface area contributed by atoms with Crippen LogP contribution in [0.5, 0.6) is 0 Å². The van der Waals surface area contributed by atoms with Crippen LogP contribution in [0.2, 0.25) is 0 Å². The van der Waals surface area contributed by atoms with Gasteiger partial charge in [0, 0.05) is 11.9 Å². The number of para-hydroxylation sites is 2.